The number of aryl methyl sites for hydroxylation is 1. The molecule has 2 atom stereocenters. The van der Waals surface area contributed by atoms with Crippen LogP contribution in [0.2, 0.25) is 0 Å². The quantitative estimate of drug-likeness (QED) is 0.680. The van der Waals surface area contributed by atoms with Crippen molar-refractivity contribution in [1.29, 1.82) is 0 Å². The number of rotatable bonds is 3. The van der Waals surface area contributed by atoms with Crippen LogP contribution in [0.15, 0.2) is 0 Å². The zero-order valence-electron chi connectivity index (χ0n) is 12.9. The van der Waals surface area contributed by atoms with Gasteiger partial charge in [0.15, 0.2) is 0 Å². The van der Waals surface area contributed by atoms with Crippen molar-refractivity contribution in [1.82, 2.24) is 15.1 Å². The standard InChI is InChI=1S/C14H23N5O2/c1-9(2)18-14(13(19(20)21)10(3)16-18)17-7-11-5-4-6-15-12(11)8-17/h9,11-12,15H,4-8H2,1-3H3. The van der Waals surface area contributed by atoms with Crippen LogP contribution in [0.4, 0.5) is 11.5 Å². The van der Waals surface area contributed by atoms with Gasteiger partial charge in [-0.05, 0) is 46.1 Å². The Balaban J connectivity index is 1.99. The third kappa shape index (κ3) is 2.39. The van der Waals surface area contributed by atoms with Crippen LogP contribution < -0.4 is 10.2 Å². The lowest BCUT2D eigenvalue weighted by molar-refractivity contribution is -0.384. The number of nitro groups is 1. The fourth-order valence-corrected chi connectivity index (χ4v) is 3.61. The Hall–Kier alpha value is -1.63. The van der Waals surface area contributed by atoms with Gasteiger partial charge in [-0.2, -0.15) is 5.10 Å². The predicted molar refractivity (Wildman–Crippen MR) is 80.7 cm³/mol. The molecule has 0 radical (unpaired) electrons. The van der Waals surface area contributed by atoms with E-state index in [-0.39, 0.29) is 16.7 Å². The van der Waals surface area contributed by atoms with E-state index < -0.39 is 0 Å². The van der Waals surface area contributed by atoms with Gasteiger partial charge in [-0.1, -0.05) is 0 Å². The summed E-state index contributed by atoms with van der Waals surface area (Å²) in [4.78, 5) is 13.3. The number of anilines is 1. The van der Waals surface area contributed by atoms with E-state index in [0.29, 0.717) is 23.5 Å². The van der Waals surface area contributed by atoms with E-state index in [4.69, 9.17) is 0 Å². The zero-order valence-corrected chi connectivity index (χ0v) is 12.9. The molecule has 2 fully saturated rings. The highest BCUT2D eigenvalue weighted by Gasteiger charge is 2.39. The molecule has 0 bridgehead atoms. The average Bonchev–Trinajstić information content (AvgIpc) is 2.98. The van der Waals surface area contributed by atoms with Crippen LogP contribution in [0.5, 0.6) is 0 Å². The van der Waals surface area contributed by atoms with Crippen molar-refractivity contribution in [3.8, 4) is 0 Å². The molecule has 1 aromatic rings. The topological polar surface area (TPSA) is 76.2 Å². The van der Waals surface area contributed by atoms with Gasteiger partial charge in [-0.25, -0.2) is 4.68 Å². The third-order valence-corrected chi connectivity index (χ3v) is 4.60. The summed E-state index contributed by atoms with van der Waals surface area (Å²) in [6, 6.07) is 0.567. The second kappa shape index (κ2) is 5.29. The van der Waals surface area contributed by atoms with E-state index >= 15 is 0 Å². The molecule has 7 heteroatoms. The average molecular weight is 293 g/mol. The molecular weight excluding hydrogens is 270 g/mol. The van der Waals surface area contributed by atoms with Crippen molar-refractivity contribution < 1.29 is 4.92 Å². The number of nitrogens with zero attached hydrogens (tertiary/aromatic N) is 4. The van der Waals surface area contributed by atoms with Gasteiger partial charge in [0.2, 0.25) is 5.82 Å². The van der Waals surface area contributed by atoms with Crippen LogP contribution in [0.25, 0.3) is 0 Å². The maximum atomic E-state index is 11.5. The lowest BCUT2D eigenvalue weighted by atomic mass is 9.94. The van der Waals surface area contributed by atoms with E-state index in [2.05, 4.69) is 15.3 Å². The largest absolute Gasteiger partial charge is 0.349 e. The Morgan fingerprint density at radius 2 is 2.19 bits per heavy atom. The molecule has 3 rings (SSSR count). The monoisotopic (exact) mass is 293 g/mol. The number of aromatic nitrogens is 2. The maximum absolute atomic E-state index is 11.5. The number of hydrogen-bond acceptors (Lipinski definition) is 5. The van der Waals surface area contributed by atoms with E-state index in [1.165, 1.54) is 12.8 Å². The molecule has 2 aliphatic rings. The summed E-state index contributed by atoms with van der Waals surface area (Å²) in [7, 11) is 0. The van der Waals surface area contributed by atoms with Gasteiger partial charge in [0, 0.05) is 25.2 Å². The van der Waals surface area contributed by atoms with Crippen LogP contribution in [-0.2, 0) is 0 Å². The molecular formula is C14H23N5O2. The number of nitrogens with one attached hydrogen (secondary N) is 1. The highest BCUT2D eigenvalue weighted by Crippen LogP contribution is 2.38. The third-order valence-electron chi connectivity index (χ3n) is 4.60. The van der Waals surface area contributed by atoms with Crippen molar-refractivity contribution in [3.05, 3.63) is 15.8 Å². The number of piperidine rings is 1. The van der Waals surface area contributed by atoms with Gasteiger partial charge < -0.3 is 10.2 Å². The SMILES string of the molecule is Cc1nn(C(C)C)c(N2CC3CCCNC3C2)c1[N+](=O)[O-]. The fourth-order valence-electron chi connectivity index (χ4n) is 3.61. The Morgan fingerprint density at radius 1 is 1.43 bits per heavy atom. The van der Waals surface area contributed by atoms with E-state index in [1.54, 1.807) is 6.92 Å². The Morgan fingerprint density at radius 3 is 2.81 bits per heavy atom. The molecule has 0 aromatic carbocycles. The molecule has 21 heavy (non-hydrogen) atoms. The fraction of sp³-hybridized carbons (Fsp3) is 0.786. The molecule has 0 aliphatic carbocycles. The van der Waals surface area contributed by atoms with Crippen molar-refractivity contribution in [2.45, 2.75) is 45.7 Å². The Labute approximate surface area is 124 Å². The first kappa shape index (κ1) is 14.3. The summed E-state index contributed by atoms with van der Waals surface area (Å²) in [6.07, 6.45) is 2.40. The van der Waals surface area contributed by atoms with Crippen LogP contribution >= 0.6 is 0 Å². The smallest absolute Gasteiger partial charge is 0.333 e. The molecule has 7 nitrogen and oxygen atoms in total. The normalized spacial score (nSPS) is 25.4. The molecule has 2 aliphatic heterocycles. The minimum Gasteiger partial charge on any atom is -0.349 e. The van der Waals surface area contributed by atoms with Crippen molar-refractivity contribution in [2.24, 2.45) is 5.92 Å². The van der Waals surface area contributed by atoms with Gasteiger partial charge in [-0.15, -0.1) is 0 Å². The molecule has 116 valence electrons. The molecule has 0 amide bonds. The Kier molecular flexibility index (Phi) is 3.61. The molecule has 1 N–H and O–H groups in total. The van der Waals surface area contributed by atoms with Gasteiger partial charge in [-0.3, -0.25) is 10.1 Å². The van der Waals surface area contributed by atoms with Crippen LogP contribution in [0.3, 0.4) is 0 Å². The van der Waals surface area contributed by atoms with Gasteiger partial charge in [0.25, 0.3) is 0 Å². The summed E-state index contributed by atoms with van der Waals surface area (Å²) in [5, 5.41) is 19.4. The van der Waals surface area contributed by atoms with E-state index in [0.717, 1.165) is 19.6 Å². The van der Waals surface area contributed by atoms with Gasteiger partial charge in [0.05, 0.1) is 4.92 Å². The second-order valence-corrected chi connectivity index (χ2v) is 6.42. The second-order valence-electron chi connectivity index (χ2n) is 6.42. The molecule has 0 saturated carbocycles. The predicted octanol–water partition coefficient (Wildman–Crippen LogP) is 1.87. The molecule has 0 spiro atoms. The lowest BCUT2D eigenvalue weighted by Gasteiger charge is -2.24. The lowest BCUT2D eigenvalue weighted by Crippen LogP contribution is -2.40. The Bertz CT molecular complexity index is 540. The summed E-state index contributed by atoms with van der Waals surface area (Å²) < 4.78 is 1.81. The van der Waals surface area contributed by atoms with Crippen LogP contribution in [0.1, 0.15) is 38.4 Å². The van der Waals surface area contributed by atoms with Crippen molar-refractivity contribution in [3.63, 3.8) is 0 Å². The summed E-state index contributed by atoms with van der Waals surface area (Å²) in [5.41, 5.74) is 0.675. The molecule has 2 saturated heterocycles. The first-order valence-corrected chi connectivity index (χ1v) is 7.71. The summed E-state index contributed by atoms with van der Waals surface area (Å²) >= 11 is 0. The maximum Gasteiger partial charge on any atom is 0.333 e. The van der Waals surface area contributed by atoms with Gasteiger partial charge >= 0.3 is 5.69 Å². The molecule has 2 unspecified atom stereocenters. The van der Waals surface area contributed by atoms with Crippen LogP contribution in [0, 0.1) is 23.0 Å². The number of fused-ring (bicyclic) bond motifs is 1. The van der Waals surface area contributed by atoms with Gasteiger partial charge in [0.1, 0.15) is 5.69 Å². The first-order valence-electron chi connectivity index (χ1n) is 7.71. The van der Waals surface area contributed by atoms with Crippen molar-refractivity contribution >= 4 is 11.5 Å². The highest BCUT2D eigenvalue weighted by atomic mass is 16.6. The molecule has 1 aromatic heterocycles. The summed E-state index contributed by atoms with van der Waals surface area (Å²) in [5.74, 6) is 1.28. The minimum absolute atomic E-state index is 0.114. The zero-order chi connectivity index (χ0) is 15.1. The number of hydrogen-bond donors (Lipinski definition) is 1. The molecule has 3 heterocycles. The highest BCUT2D eigenvalue weighted by molar-refractivity contribution is 5.62. The van der Waals surface area contributed by atoms with Crippen LogP contribution in [-0.4, -0.2) is 40.4 Å². The minimum atomic E-state index is -0.286. The van der Waals surface area contributed by atoms with E-state index in [9.17, 15) is 10.1 Å². The van der Waals surface area contributed by atoms with Crippen molar-refractivity contribution in [2.75, 3.05) is 24.5 Å². The first-order chi connectivity index (χ1) is 9.99. The summed E-state index contributed by atoms with van der Waals surface area (Å²) in [6.45, 7) is 8.53. The van der Waals surface area contributed by atoms with E-state index in [1.807, 2.05) is 18.5 Å².